The van der Waals surface area contributed by atoms with Crippen molar-refractivity contribution in [2.45, 2.75) is 25.5 Å². The number of nitrogens with zero attached hydrogens (tertiary/aromatic N) is 3. The molecule has 1 fully saturated rings. The van der Waals surface area contributed by atoms with E-state index in [1.54, 1.807) is 12.0 Å². The van der Waals surface area contributed by atoms with Crippen LogP contribution in [0.1, 0.15) is 17.5 Å². The standard InChI is InChI=1S/C22H24N4O3S/c1-14-4-5-16(10-15(14)2)24-20(27)11-19-21(28)26-13-25(12-23-22(26)30-19)17-6-8-18(29-3)9-7-17/h4-10,19H,11-13H2,1-3H3,(H,24,27). The predicted octanol–water partition coefficient (Wildman–Crippen LogP) is 3.38. The van der Waals surface area contributed by atoms with E-state index in [9.17, 15) is 9.59 Å². The van der Waals surface area contributed by atoms with E-state index in [4.69, 9.17) is 4.74 Å². The Balaban J connectivity index is 1.38. The molecule has 0 aromatic heterocycles. The van der Waals surface area contributed by atoms with Gasteiger partial charge in [0.15, 0.2) is 5.17 Å². The highest BCUT2D eigenvalue weighted by Gasteiger charge is 2.41. The second-order valence-corrected chi connectivity index (χ2v) is 8.56. The van der Waals surface area contributed by atoms with E-state index < -0.39 is 5.25 Å². The van der Waals surface area contributed by atoms with E-state index in [1.165, 1.54) is 17.3 Å². The van der Waals surface area contributed by atoms with Crippen LogP contribution in [0.3, 0.4) is 0 Å². The molecule has 30 heavy (non-hydrogen) atoms. The van der Waals surface area contributed by atoms with Crippen LogP contribution in [0.4, 0.5) is 11.4 Å². The highest BCUT2D eigenvalue weighted by Crippen LogP contribution is 2.33. The smallest absolute Gasteiger partial charge is 0.244 e. The summed E-state index contributed by atoms with van der Waals surface area (Å²) in [6, 6.07) is 13.5. The van der Waals surface area contributed by atoms with Gasteiger partial charge < -0.3 is 15.0 Å². The van der Waals surface area contributed by atoms with Gasteiger partial charge in [-0.3, -0.25) is 14.5 Å². The van der Waals surface area contributed by atoms with Crippen LogP contribution in [0.5, 0.6) is 5.75 Å². The number of aliphatic imine (C=N–C) groups is 1. The monoisotopic (exact) mass is 424 g/mol. The number of nitrogens with one attached hydrogen (secondary N) is 1. The van der Waals surface area contributed by atoms with Gasteiger partial charge in [0.05, 0.1) is 7.11 Å². The summed E-state index contributed by atoms with van der Waals surface area (Å²) in [7, 11) is 1.63. The Bertz CT molecular complexity index is 1010. The first kappa shape index (κ1) is 20.3. The van der Waals surface area contributed by atoms with Crippen molar-refractivity contribution >= 4 is 40.1 Å². The molecule has 2 aliphatic heterocycles. The number of aryl methyl sites for hydroxylation is 2. The highest BCUT2D eigenvalue weighted by molar-refractivity contribution is 8.15. The molecule has 0 bridgehead atoms. The summed E-state index contributed by atoms with van der Waals surface area (Å²) in [5.41, 5.74) is 4.00. The number of hydrogen-bond donors (Lipinski definition) is 1. The summed E-state index contributed by atoms with van der Waals surface area (Å²) in [6.45, 7) is 4.93. The molecule has 4 rings (SSSR count). The molecule has 0 aliphatic carbocycles. The minimum Gasteiger partial charge on any atom is -0.497 e. The van der Waals surface area contributed by atoms with Crippen LogP contribution in [0, 0.1) is 13.8 Å². The number of ether oxygens (including phenoxy) is 1. The third-order valence-corrected chi connectivity index (χ3v) is 6.52. The average molecular weight is 425 g/mol. The fourth-order valence-electron chi connectivity index (χ4n) is 3.41. The number of anilines is 2. The summed E-state index contributed by atoms with van der Waals surface area (Å²) in [6.07, 6.45) is 0.120. The molecule has 1 N–H and O–H groups in total. The zero-order valence-corrected chi connectivity index (χ0v) is 18.0. The van der Waals surface area contributed by atoms with Crippen molar-refractivity contribution in [1.29, 1.82) is 0 Å². The third kappa shape index (κ3) is 4.14. The van der Waals surface area contributed by atoms with Gasteiger partial charge >= 0.3 is 0 Å². The third-order valence-electron chi connectivity index (χ3n) is 5.31. The number of methoxy groups -OCH3 is 1. The maximum atomic E-state index is 12.9. The van der Waals surface area contributed by atoms with Gasteiger partial charge in [-0.05, 0) is 61.4 Å². The molecule has 8 heteroatoms. The lowest BCUT2D eigenvalue weighted by Gasteiger charge is -2.32. The fourth-order valence-corrected chi connectivity index (χ4v) is 4.53. The minimum atomic E-state index is -0.453. The van der Waals surface area contributed by atoms with Gasteiger partial charge in [-0.15, -0.1) is 0 Å². The van der Waals surface area contributed by atoms with Gasteiger partial charge in [0.25, 0.3) is 0 Å². The molecule has 2 aromatic carbocycles. The van der Waals surface area contributed by atoms with E-state index in [0.717, 1.165) is 22.7 Å². The lowest BCUT2D eigenvalue weighted by Crippen LogP contribution is -2.46. The zero-order chi connectivity index (χ0) is 21.3. The molecule has 156 valence electrons. The zero-order valence-electron chi connectivity index (χ0n) is 17.2. The molecule has 1 saturated heterocycles. The van der Waals surface area contributed by atoms with Crippen molar-refractivity contribution < 1.29 is 14.3 Å². The average Bonchev–Trinajstić information content (AvgIpc) is 3.05. The second kappa shape index (κ2) is 8.39. The summed E-state index contributed by atoms with van der Waals surface area (Å²) in [4.78, 5) is 33.6. The van der Waals surface area contributed by atoms with Crippen molar-refractivity contribution in [3.8, 4) is 5.75 Å². The van der Waals surface area contributed by atoms with Crippen molar-refractivity contribution in [2.24, 2.45) is 4.99 Å². The molecule has 0 radical (unpaired) electrons. The van der Waals surface area contributed by atoms with Crippen molar-refractivity contribution in [1.82, 2.24) is 4.90 Å². The Labute approximate surface area is 180 Å². The fraction of sp³-hybridized carbons (Fsp3) is 0.318. The van der Waals surface area contributed by atoms with E-state index in [-0.39, 0.29) is 18.2 Å². The van der Waals surface area contributed by atoms with Crippen LogP contribution in [0.2, 0.25) is 0 Å². The maximum Gasteiger partial charge on any atom is 0.244 e. The van der Waals surface area contributed by atoms with E-state index in [0.29, 0.717) is 18.5 Å². The van der Waals surface area contributed by atoms with Gasteiger partial charge in [-0.1, -0.05) is 17.8 Å². The Morgan fingerprint density at radius 1 is 1.20 bits per heavy atom. The molecular formula is C22H24N4O3S. The molecular weight excluding hydrogens is 400 g/mol. The number of amidine groups is 1. The summed E-state index contributed by atoms with van der Waals surface area (Å²) >= 11 is 1.37. The minimum absolute atomic E-state index is 0.0767. The van der Waals surface area contributed by atoms with Crippen molar-refractivity contribution in [3.63, 3.8) is 0 Å². The number of thioether (sulfide) groups is 1. The quantitative estimate of drug-likeness (QED) is 0.797. The molecule has 2 aliphatic rings. The topological polar surface area (TPSA) is 74.2 Å². The molecule has 2 heterocycles. The maximum absolute atomic E-state index is 12.9. The number of hydrogen-bond acceptors (Lipinski definition) is 6. The van der Waals surface area contributed by atoms with Gasteiger partial charge in [0.2, 0.25) is 11.8 Å². The predicted molar refractivity (Wildman–Crippen MR) is 120 cm³/mol. The SMILES string of the molecule is COc1ccc(N2CN=C3SC(CC(=O)Nc4ccc(C)c(C)c4)C(=O)N3C2)cc1. The molecule has 0 spiro atoms. The van der Waals surface area contributed by atoms with E-state index in [2.05, 4.69) is 10.3 Å². The van der Waals surface area contributed by atoms with Crippen molar-refractivity contribution in [2.75, 3.05) is 30.7 Å². The molecule has 0 saturated carbocycles. The summed E-state index contributed by atoms with van der Waals surface area (Å²) in [5.74, 6) is 0.534. The van der Waals surface area contributed by atoms with Crippen LogP contribution in [-0.2, 0) is 9.59 Å². The first-order chi connectivity index (χ1) is 14.4. The van der Waals surface area contributed by atoms with Crippen LogP contribution < -0.4 is 15.0 Å². The number of carbonyl (C=O) groups excluding carboxylic acids is 2. The van der Waals surface area contributed by atoms with Gasteiger partial charge in [0, 0.05) is 17.8 Å². The summed E-state index contributed by atoms with van der Waals surface area (Å²) < 4.78 is 5.20. The lowest BCUT2D eigenvalue weighted by atomic mass is 10.1. The first-order valence-electron chi connectivity index (χ1n) is 9.73. The molecule has 1 unspecified atom stereocenters. The lowest BCUT2D eigenvalue weighted by molar-refractivity contribution is -0.128. The normalized spacial score (nSPS) is 18.2. The Morgan fingerprint density at radius 2 is 1.97 bits per heavy atom. The number of carbonyl (C=O) groups is 2. The number of amides is 2. The van der Waals surface area contributed by atoms with E-state index in [1.807, 2.05) is 61.2 Å². The number of rotatable bonds is 5. The van der Waals surface area contributed by atoms with Crippen LogP contribution >= 0.6 is 11.8 Å². The number of benzene rings is 2. The largest absolute Gasteiger partial charge is 0.497 e. The highest BCUT2D eigenvalue weighted by atomic mass is 32.2. The summed E-state index contributed by atoms with van der Waals surface area (Å²) in [5, 5.41) is 3.13. The molecule has 2 aromatic rings. The van der Waals surface area contributed by atoms with E-state index >= 15 is 0 Å². The first-order valence-corrected chi connectivity index (χ1v) is 10.6. The van der Waals surface area contributed by atoms with Gasteiger partial charge in [-0.25, -0.2) is 4.99 Å². The molecule has 1 atom stereocenters. The van der Waals surface area contributed by atoms with Crippen LogP contribution in [-0.4, -0.2) is 47.6 Å². The van der Waals surface area contributed by atoms with Crippen LogP contribution in [0.15, 0.2) is 47.5 Å². The number of fused-ring (bicyclic) bond motifs is 1. The molecule has 7 nitrogen and oxygen atoms in total. The molecule has 2 amide bonds. The van der Waals surface area contributed by atoms with Gasteiger partial charge in [-0.2, -0.15) is 0 Å². The van der Waals surface area contributed by atoms with Gasteiger partial charge in [0.1, 0.15) is 24.3 Å². The second-order valence-electron chi connectivity index (χ2n) is 7.39. The van der Waals surface area contributed by atoms with Crippen molar-refractivity contribution in [3.05, 3.63) is 53.6 Å². The Morgan fingerprint density at radius 3 is 2.67 bits per heavy atom. The van der Waals surface area contributed by atoms with Crippen LogP contribution in [0.25, 0.3) is 0 Å². The Kier molecular flexibility index (Phi) is 5.67. The Hall–Kier alpha value is -3.00.